The Kier molecular flexibility index (Phi) is 6.90. The first-order valence-corrected chi connectivity index (χ1v) is 7.78. The van der Waals surface area contributed by atoms with Gasteiger partial charge in [0.1, 0.15) is 30.5 Å². The number of hydrogen-bond donors (Lipinski definition) is 6. The van der Waals surface area contributed by atoms with Crippen molar-refractivity contribution < 1.29 is 49.6 Å². The fraction of sp³-hybridized carbons (Fsp3) is 1.00. The predicted octanol–water partition coefficient (Wildman–Crippen LogP) is -3.47. The Bertz CT molecular complexity index is 392. The second-order valence-electron chi connectivity index (χ2n) is 6.11. The van der Waals surface area contributed by atoms with Crippen LogP contribution in [0.1, 0.15) is 6.92 Å². The molecule has 0 radical (unpaired) electrons. The Morgan fingerprint density at radius 1 is 0.792 bits per heavy atom. The molecule has 0 aromatic heterocycles. The molecular weight excluding hydrogens is 328 g/mol. The normalized spacial score (nSPS) is 50.0. The molecule has 10 nitrogen and oxygen atoms in total. The first kappa shape index (κ1) is 19.9. The van der Waals surface area contributed by atoms with Gasteiger partial charge in [-0.1, -0.05) is 6.92 Å². The van der Waals surface area contributed by atoms with E-state index >= 15 is 0 Å². The highest BCUT2D eigenvalue weighted by atomic mass is 16.7. The standard InChI is InChI=1S/C14H26O10/c1-5-6(3-15)22-14(10(19)8(5)17)24-12-7(4-16)23-13(21-2)11(20)9(12)18/h5-20H,3-4H2,1-2H3/t5-,6?,7?,8?,9?,10?,11?,12-,13-,14+/m1/s1. The first-order valence-electron chi connectivity index (χ1n) is 7.78. The maximum Gasteiger partial charge on any atom is 0.187 e. The largest absolute Gasteiger partial charge is 0.394 e. The van der Waals surface area contributed by atoms with Crippen LogP contribution in [-0.2, 0) is 18.9 Å². The van der Waals surface area contributed by atoms with Crippen LogP contribution in [0.15, 0.2) is 0 Å². The van der Waals surface area contributed by atoms with Gasteiger partial charge in [0.15, 0.2) is 12.6 Å². The van der Waals surface area contributed by atoms with Gasteiger partial charge in [-0.25, -0.2) is 0 Å². The molecule has 10 atom stereocenters. The molecule has 24 heavy (non-hydrogen) atoms. The molecule has 0 saturated carbocycles. The summed E-state index contributed by atoms with van der Waals surface area (Å²) in [5, 5.41) is 59.0. The van der Waals surface area contributed by atoms with Gasteiger partial charge in [-0.3, -0.25) is 0 Å². The summed E-state index contributed by atoms with van der Waals surface area (Å²) in [4.78, 5) is 0. The van der Waals surface area contributed by atoms with Crippen molar-refractivity contribution >= 4 is 0 Å². The van der Waals surface area contributed by atoms with Gasteiger partial charge < -0.3 is 49.6 Å². The van der Waals surface area contributed by atoms with Crippen LogP contribution < -0.4 is 0 Å². The van der Waals surface area contributed by atoms with E-state index in [9.17, 15) is 30.6 Å². The van der Waals surface area contributed by atoms with Crippen LogP contribution in [-0.4, -0.2) is 106 Å². The Hall–Kier alpha value is -0.400. The van der Waals surface area contributed by atoms with Crippen molar-refractivity contribution in [3.8, 4) is 0 Å². The lowest BCUT2D eigenvalue weighted by atomic mass is 9.91. The molecule has 0 aromatic rings. The molecule has 2 aliphatic rings. The molecule has 2 heterocycles. The third kappa shape index (κ3) is 3.73. The zero-order chi connectivity index (χ0) is 18.0. The smallest absolute Gasteiger partial charge is 0.187 e. The lowest BCUT2D eigenvalue weighted by Gasteiger charge is -2.46. The highest BCUT2D eigenvalue weighted by molar-refractivity contribution is 4.93. The Balaban J connectivity index is 2.12. The molecule has 0 aromatic carbocycles. The summed E-state index contributed by atoms with van der Waals surface area (Å²) in [5.74, 6) is -0.533. The number of aliphatic hydroxyl groups excluding tert-OH is 6. The summed E-state index contributed by atoms with van der Waals surface area (Å²) in [5.41, 5.74) is 0. The summed E-state index contributed by atoms with van der Waals surface area (Å²) < 4.78 is 21.1. The molecule has 0 amide bonds. The monoisotopic (exact) mass is 354 g/mol. The minimum Gasteiger partial charge on any atom is -0.394 e. The van der Waals surface area contributed by atoms with Gasteiger partial charge in [0, 0.05) is 13.0 Å². The van der Waals surface area contributed by atoms with Crippen molar-refractivity contribution in [2.75, 3.05) is 20.3 Å². The quantitative estimate of drug-likeness (QED) is 0.293. The van der Waals surface area contributed by atoms with Gasteiger partial charge in [0.2, 0.25) is 0 Å². The van der Waals surface area contributed by atoms with Gasteiger partial charge in [0.05, 0.1) is 25.4 Å². The van der Waals surface area contributed by atoms with E-state index in [0.29, 0.717) is 0 Å². The minimum absolute atomic E-state index is 0.396. The molecule has 6 N–H and O–H groups in total. The number of rotatable bonds is 5. The van der Waals surface area contributed by atoms with Crippen LogP contribution in [0.3, 0.4) is 0 Å². The average Bonchev–Trinajstić information content (AvgIpc) is 2.59. The molecule has 2 rings (SSSR count). The van der Waals surface area contributed by atoms with Gasteiger partial charge in [-0.15, -0.1) is 0 Å². The lowest BCUT2D eigenvalue weighted by molar-refractivity contribution is -0.353. The van der Waals surface area contributed by atoms with Gasteiger partial charge in [0.25, 0.3) is 0 Å². The molecule has 6 unspecified atom stereocenters. The Morgan fingerprint density at radius 2 is 1.33 bits per heavy atom. The van der Waals surface area contributed by atoms with E-state index in [0.717, 1.165) is 0 Å². The SMILES string of the molecule is CO[C@@H]1OC(CO)[C@@H](O[C@@H]2OC(CO)[C@@H](C)C(O)C2O)C(O)C1O. The molecule has 2 saturated heterocycles. The second-order valence-corrected chi connectivity index (χ2v) is 6.11. The van der Waals surface area contributed by atoms with Gasteiger partial charge in [-0.05, 0) is 0 Å². The van der Waals surface area contributed by atoms with E-state index < -0.39 is 74.4 Å². The van der Waals surface area contributed by atoms with Crippen molar-refractivity contribution in [3.63, 3.8) is 0 Å². The topological polar surface area (TPSA) is 158 Å². The van der Waals surface area contributed by atoms with Crippen molar-refractivity contribution in [1.29, 1.82) is 0 Å². The average molecular weight is 354 g/mol. The zero-order valence-electron chi connectivity index (χ0n) is 13.5. The minimum atomic E-state index is -1.49. The van der Waals surface area contributed by atoms with Crippen molar-refractivity contribution in [2.45, 2.75) is 62.2 Å². The highest BCUT2D eigenvalue weighted by Crippen LogP contribution is 2.31. The van der Waals surface area contributed by atoms with Gasteiger partial charge >= 0.3 is 0 Å². The molecule has 0 aliphatic carbocycles. The molecular formula is C14H26O10. The summed E-state index contributed by atoms with van der Waals surface area (Å²) in [6.07, 6.45) is -11.2. The van der Waals surface area contributed by atoms with Crippen LogP contribution in [0.5, 0.6) is 0 Å². The zero-order valence-corrected chi connectivity index (χ0v) is 13.5. The van der Waals surface area contributed by atoms with Crippen molar-refractivity contribution in [3.05, 3.63) is 0 Å². The second kappa shape index (κ2) is 8.32. The van der Waals surface area contributed by atoms with E-state index in [1.54, 1.807) is 6.92 Å². The lowest BCUT2D eigenvalue weighted by Crippen LogP contribution is -2.63. The Morgan fingerprint density at radius 3 is 1.88 bits per heavy atom. The van der Waals surface area contributed by atoms with E-state index in [2.05, 4.69) is 0 Å². The number of aliphatic hydroxyl groups is 6. The van der Waals surface area contributed by atoms with Crippen LogP contribution in [0.25, 0.3) is 0 Å². The summed E-state index contributed by atoms with van der Waals surface area (Å²) in [6, 6.07) is 0. The Labute approximate surface area is 139 Å². The van der Waals surface area contributed by atoms with Crippen LogP contribution >= 0.6 is 0 Å². The molecule has 142 valence electrons. The maximum absolute atomic E-state index is 10.2. The van der Waals surface area contributed by atoms with E-state index in [4.69, 9.17) is 18.9 Å². The molecule has 2 aliphatic heterocycles. The number of methoxy groups -OCH3 is 1. The van der Waals surface area contributed by atoms with Crippen molar-refractivity contribution in [2.24, 2.45) is 5.92 Å². The predicted molar refractivity (Wildman–Crippen MR) is 76.6 cm³/mol. The van der Waals surface area contributed by atoms with Crippen LogP contribution in [0.4, 0.5) is 0 Å². The van der Waals surface area contributed by atoms with E-state index in [1.807, 2.05) is 0 Å². The molecule has 0 bridgehead atoms. The summed E-state index contributed by atoms with van der Waals surface area (Å²) in [7, 11) is 1.27. The number of ether oxygens (including phenoxy) is 4. The fourth-order valence-corrected chi connectivity index (χ4v) is 2.96. The molecule has 2 fully saturated rings. The fourth-order valence-electron chi connectivity index (χ4n) is 2.96. The molecule has 0 spiro atoms. The third-order valence-electron chi connectivity index (χ3n) is 4.59. The highest BCUT2D eigenvalue weighted by Gasteiger charge is 2.49. The van der Waals surface area contributed by atoms with Crippen LogP contribution in [0, 0.1) is 5.92 Å². The third-order valence-corrected chi connectivity index (χ3v) is 4.59. The number of hydrogen-bond acceptors (Lipinski definition) is 10. The summed E-state index contributed by atoms with van der Waals surface area (Å²) in [6.45, 7) is 0.666. The van der Waals surface area contributed by atoms with Gasteiger partial charge in [-0.2, -0.15) is 0 Å². The van der Waals surface area contributed by atoms with E-state index in [-0.39, 0.29) is 0 Å². The van der Waals surface area contributed by atoms with Crippen LogP contribution in [0.2, 0.25) is 0 Å². The maximum atomic E-state index is 10.2. The van der Waals surface area contributed by atoms with E-state index in [1.165, 1.54) is 7.11 Å². The van der Waals surface area contributed by atoms with Crippen molar-refractivity contribution in [1.82, 2.24) is 0 Å². The summed E-state index contributed by atoms with van der Waals surface area (Å²) >= 11 is 0. The first-order chi connectivity index (χ1) is 11.3. The molecule has 10 heteroatoms.